The van der Waals surface area contributed by atoms with Gasteiger partial charge in [-0.15, -0.1) is 0 Å². The lowest BCUT2D eigenvalue weighted by Gasteiger charge is -2.44. The maximum absolute atomic E-state index is 15.8. The average Bonchev–Trinajstić information content (AvgIpc) is 3.33. The van der Waals surface area contributed by atoms with E-state index >= 15 is 8.78 Å². The number of aromatic nitrogens is 2. The Morgan fingerprint density at radius 3 is 2.34 bits per heavy atom. The van der Waals surface area contributed by atoms with Crippen molar-refractivity contribution in [1.29, 1.82) is 0 Å². The predicted octanol–water partition coefficient (Wildman–Crippen LogP) is 7.03. The van der Waals surface area contributed by atoms with E-state index in [1.807, 2.05) is 31.6 Å². The van der Waals surface area contributed by atoms with E-state index in [1.54, 1.807) is 4.68 Å². The van der Waals surface area contributed by atoms with E-state index in [4.69, 9.17) is 5.11 Å². The van der Waals surface area contributed by atoms with Crippen molar-refractivity contribution in [2.45, 2.75) is 45.2 Å². The van der Waals surface area contributed by atoms with Gasteiger partial charge in [-0.05, 0) is 71.3 Å². The molecule has 0 aliphatic carbocycles. The van der Waals surface area contributed by atoms with Crippen molar-refractivity contribution in [3.05, 3.63) is 113 Å². The number of anilines is 1. The fraction of sp³-hybridized carbons (Fsp3) is 0.281. The zero-order valence-electron chi connectivity index (χ0n) is 22.2. The number of fused-ring (bicyclic) bond motifs is 1. The molecule has 38 heavy (non-hydrogen) atoms. The van der Waals surface area contributed by atoms with Crippen molar-refractivity contribution < 1.29 is 13.9 Å². The first-order valence-corrected chi connectivity index (χ1v) is 13.0. The van der Waals surface area contributed by atoms with E-state index in [-0.39, 0.29) is 18.2 Å². The molecular formula is C32H33F2N3O. The summed E-state index contributed by atoms with van der Waals surface area (Å²) in [5.41, 5.74) is 6.54. The number of benzene rings is 3. The van der Waals surface area contributed by atoms with Gasteiger partial charge in [0.15, 0.2) is 0 Å². The third-order valence-corrected chi connectivity index (χ3v) is 7.39. The summed E-state index contributed by atoms with van der Waals surface area (Å²) in [6, 6.07) is 16.5. The molecule has 0 saturated heterocycles. The Hall–Kier alpha value is -3.77. The molecule has 0 unspecified atom stereocenters. The number of halogens is 2. The number of nitrogens with zero attached hydrogens (tertiary/aromatic N) is 3. The largest absolute Gasteiger partial charge is 0.392 e. The monoisotopic (exact) mass is 513 g/mol. The van der Waals surface area contributed by atoms with Gasteiger partial charge in [0.05, 0.1) is 24.4 Å². The summed E-state index contributed by atoms with van der Waals surface area (Å²) in [5, 5.41) is 13.4. The molecule has 0 bridgehead atoms. The van der Waals surface area contributed by atoms with Crippen LogP contribution in [0.4, 0.5) is 14.5 Å². The molecule has 4 nitrogen and oxygen atoms in total. The van der Waals surface area contributed by atoms with Gasteiger partial charge in [0.1, 0.15) is 11.6 Å². The molecular weight excluding hydrogens is 480 g/mol. The standard InChI is InChI=1S/C32H33F2N3O/c1-20(2)23-7-10-27(11-8-23)37-21(3)14-25-17-24(26-18-35-36(4)19-26)9-12-28(25)32(37)31-29(33)15-22(6-5-13-38)16-30(31)34/h5-12,15-21,32,38H,13-14H2,1-4H3/b6-5+/t21-,32+/m1/s1. The van der Waals surface area contributed by atoms with Crippen molar-refractivity contribution in [1.82, 2.24) is 9.78 Å². The highest BCUT2D eigenvalue weighted by Crippen LogP contribution is 2.44. The summed E-state index contributed by atoms with van der Waals surface area (Å²) in [4.78, 5) is 2.14. The van der Waals surface area contributed by atoms with E-state index in [9.17, 15) is 0 Å². The third-order valence-electron chi connectivity index (χ3n) is 7.39. The van der Waals surface area contributed by atoms with Crippen LogP contribution in [-0.2, 0) is 13.5 Å². The minimum absolute atomic E-state index is 0.00527. The molecule has 3 aromatic carbocycles. The number of aliphatic hydroxyl groups is 1. The Bertz CT molecular complexity index is 1450. The normalized spacial score (nSPS) is 17.4. The van der Waals surface area contributed by atoms with Crippen LogP contribution in [-0.4, -0.2) is 27.5 Å². The second kappa shape index (κ2) is 10.5. The topological polar surface area (TPSA) is 41.3 Å². The first-order chi connectivity index (χ1) is 18.3. The zero-order valence-corrected chi connectivity index (χ0v) is 22.2. The van der Waals surface area contributed by atoms with Gasteiger partial charge < -0.3 is 10.0 Å². The Morgan fingerprint density at radius 1 is 1.03 bits per heavy atom. The quantitative estimate of drug-likeness (QED) is 0.301. The Morgan fingerprint density at radius 2 is 1.74 bits per heavy atom. The van der Waals surface area contributed by atoms with Crippen molar-refractivity contribution in [2.75, 3.05) is 11.5 Å². The zero-order chi connectivity index (χ0) is 27.0. The maximum atomic E-state index is 15.8. The van der Waals surface area contributed by atoms with Gasteiger partial charge in [-0.25, -0.2) is 8.78 Å². The number of hydrogen-bond acceptors (Lipinski definition) is 3. The Balaban J connectivity index is 1.67. The molecule has 6 heteroatoms. The van der Waals surface area contributed by atoms with Crippen LogP contribution in [0.3, 0.4) is 0 Å². The molecule has 1 aliphatic rings. The van der Waals surface area contributed by atoms with Crippen LogP contribution in [0.15, 0.2) is 73.1 Å². The van der Waals surface area contributed by atoms with E-state index in [0.717, 1.165) is 34.4 Å². The number of aliphatic hydroxyl groups excluding tert-OH is 1. The molecule has 5 rings (SSSR count). The lowest BCUT2D eigenvalue weighted by molar-refractivity contribution is 0.343. The molecule has 0 spiro atoms. The van der Waals surface area contributed by atoms with E-state index in [2.05, 4.69) is 61.1 Å². The smallest absolute Gasteiger partial charge is 0.132 e. The second-order valence-electron chi connectivity index (χ2n) is 10.4. The van der Waals surface area contributed by atoms with Gasteiger partial charge in [-0.1, -0.05) is 56.3 Å². The Labute approximate surface area is 222 Å². The fourth-order valence-electron chi connectivity index (χ4n) is 5.50. The number of hydrogen-bond donors (Lipinski definition) is 1. The van der Waals surface area contributed by atoms with Gasteiger partial charge in [0.25, 0.3) is 0 Å². The molecule has 2 heterocycles. The lowest BCUT2D eigenvalue weighted by atomic mass is 9.82. The van der Waals surface area contributed by atoms with E-state index in [1.165, 1.54) is 29.8 Å². The van der Waals surface area contributed by atoms with E-state index in [0.29, 0.717) is 11.5 Å². The van der Waals surface area contributed by atoms with Crippen LogP contribution >= 0.6 is 0 Å². The van der Waals surface area contributed by atoms with Crippen molar-refractivity contribution in [2.24, 2.45) is 7.05 Å². The first kappa shape index (κ1) is 25.9. The molecule has 4 aromatic rings. The van der Waals surface area contributed by atoms with Gasteiger partial charge >= 0.3 is 0 Å². The maximum Gasteiger partial charge on any atom is 0.132 e. The summed E-state index contributed by atoms with van der Waals surface area (Å²) in [5.74, 6) is -0.819. The number of rotatable bonds is 6. The highest BCUT2D eigenvalue weighted by atomic mass is 19.1. The molecule has 2 atom stereocenters. The summed E-state index contributed by atoms with van der Waals surface area (Å²) in [7, 11) is 1.88. The van der Waals surface area contributed by atoms with Crippen molar-refractivity contribution >= 4 is 11.8 Å². The minimum Gasteiger partial charge on any atom is -0.392 e. The highest BCUT2D eigenvalue weighted by molar-refractivity contribution is 5.67. The fourth-order valence-corrected chi connectivity index (χ4v) is 5.50. The predicted molar refractivity (Wildman–Crippen MR) is 149 cm³/mol. The van der Waals surface area contributed by atoms with E-state index < -0.39 is 17.7 Å². The summed E-state index contributed by atoms with van der Waals surface area (Å²) in [6.07, 6.45) is 7.52. The molecule has 0 saturated carbocycles. The van der Waals surface area contributed by atoms with Crippen molar-refractivity contribution in [3.63, 3.8) is 0 Å². The van der Waals surface area contributed by atoms with Gasteiger partial charge in [-0.3, -0.25) is 4.68 Å². The molecule has 1 N–H and O–H groups in total. The highest BCUT2D eigenvalue weighted by Gasteiger charge is 2.37. The van der Waals surface area contributed by atoms with Crippen LogP contribution in [0, 0.1) is 11.6 Å². The minimum atomic E-state index is -0.641. The molecule has 0 amide bonds. The third kappa shape index (κ3) is 4.88. The van der Waals surface area contributed by atoms with Gasteiger partial charge in [0.2, 0.25) is 0 Å². The van der Waals surface area contributed by atoms with Crippen molar-refractivity contribution in [3.8, 4) is 11.1 Å². The van der Waals surface area contributed by atoms with Crippen LogP contribution in [0.5, 0.6) is 0 Å². The van der Waals surface area contributed by atoms with Crippen LogP contribution in [0.2, 0.25) is 0 Å². The summed E-state index contributed by atoms with van der Waals surface area (Å²) in [6.45, 7) is 6.21. The molecule has 0 radical (unpaired) electrons. The number of aryl methyl sites for hydroxylation is 1. The molecule has 196 valence electrons. The average molecular weight is 514 g/mol. The summed E-state index contributed by atoms with van der Waals surface area (Å²) < 4.78 is 33.3. The van der Waals surface area contributed by atoms with Gasteiger partial charge in [-0.2, -0.15) is 5.10 Å². The van der Waals surface area contributed by atoms with Crippen LogP contribution in [0.25, 0.3) is 17.2 Å². The second-order valence-corrected chi connectivity index (χ2v) is 10.4. The van der Waals surface area contributed by atoms with Crippen LogP contribution < -0.4 is 4.90 Å². The van der Waals surface area contributed by atoms with Gasteiger partial charge in [0, 0.05) is 30.5 Å². The SMILES string of the molecule is CC(C)c1ccc(N2[C@H](c3c(F)cc(/C=C/CO)cc3F)c3ccc(-c4cnn(C)c4)cc3C[C@H]2C)cc1. The molecule has 1 aliphatic heterocycles. The lowest BCUT2D eigenvalue weighted by Crippen LogP contribution is -2.43. The van der Waals surface area contributed by atoms with Crippen LogP contribution in [0.1, 0.15) is 60.5 Å². The first-order valence-electron chi connectivity index (χ1n) is 13.0. The molecule has 1 aromatic heterocycles. The summed E-state index contributed by atoms with van der Waals surface area (Å²) >= 11 is 0. The molecule has 0 fully saturated rings. The Kier molecular flexibility index (Phi) is 7.17.